The molecule has 0 radical (unpaired) electrons. The van der Waals surface area contributed by atoms with Crippen LogP contribution in [0.25, 0.3) is 0 Å². The molecule has 0 spiro atoms. The van der Waals surface area contributed by atoms with Crippen molar-refractivity contribution in [2.45, 2.75) is 57.8 Å². The van der Waals surface area contributed by atoms with Gasteiger partial charge in [0.25, 0.3) is 0 Å². The fourth-order valence-corrected chi connectivity index (χ4v) is 4.05. The Kier molecular flexibility index (Phi) is 6.98. The molecular weight excluding hydrogens is 372 g/mol. The zero-order valence-corrected chi connectivity index (χ0v) is 16.6. The first-order valence-electron chi connectivity index (χ1n) is 10.2. The molecular formula is C24H25F2NO2. The molecule has 0 unspecified atom stereocenters. The summed E-state index contributed by atoms with van der Waals surface area (Å²) in [5.74, 6) is -1.71. The van der Waals surface area contributed by atoms with Crippen LogP contribution in [-0.4, -0.2) is 5.97 Å². The van der Waals surface area contributed by atoms with Gasteiger partial charge in [-0.05, 0) is 55.2 Å². The molecule has 2 aromatic rings. The van der Waals surface area contributed by atoms with Crippen molar-refractivity contribution in [2.24, 2.45) is 5.92 Å². The molecule has 0 amide bonds. The number of ether oxygens (including phenoxy) is 1. The van der Waals surface area contributed by atoms with Gasteiger partial charge in [-0.2, -0.15) is 5.26 Å². The lowest BCUT2D eigenvalue weighted by Gasteiger charge is -2.28. The van der Waals surface area contributed by atoms with Crippen LogP contribution >= 0.6 is 0 Å². The Morgan fingerprint density at radius 3 is 2.28 bits per heavy atom. The van der Waals surface area contributed by atoms with Crippen LogP contribution in [0, 0.1) is 28.9 Å². The molecule has 0 aliphatic heterocycles. The first-order chi connectivity index (χ1) is 14.0. The van der Waals surface area contributed by atoms with E-state index in [1.54, 1.807) is 12.1 Å². The van der Waals surface area contributed by atoms with Gasteiger partial charge in [-0.3, -0.25) is 0 Å². The fourth-order valence-electron chi connectivity index (χ4n) is 4.05. The maximum Gasteiger partial charge on any atom is 0.343 e. The molecule has 1 aliphatic rings. The molecule has 2 aromatic carbocycles. The van der Waals surface area contributed by atoms with Gasteiger partial charge < -0.3 is 4.74 Å². The van der Waals surface area contributed by atoms with Crippen molar-refractivity contribution in [2.75, 3.05) is 0 Å². The summed E-state index contributed by atoms with van der Waals surface area (Å²) >= 11 is 0. The van der Waals surface area contributed by atoms with Crippen LogP contribution in [0.2, 0.25) is 0 Å². The SMILES string of the molecule is CCCC[C@H]1CC[C@H](c2ccc(C(=O)Oc3cc(F)c(C#N)c(F)c3)cc2)CC1. The third-order valence-electron chi connectivity index (χ3n) is 5.77. The highest BCUT2D eigenvalue weighted by molar-refractivity contribution is 5.91. The molecule has 152 valence electrons. The van der Waals surface area contributed by atoms with E-state index in [4.69, 9.17) is 10.00 Å². The summed E-state index contributed by atoms with van der Waals surface area (Å²) in [5.41, 5.74) is 0.833. The van der Waals surface area contributed by atoms with E-state index in [9.17, 15) is 13.6 Å². The molecule has 0 N–H and O–H groups in total. The van der Waals surface area contributed by atoms with Gasteiger partial charge in [0, 0.05) is 12.1 Å². The number of carbonyl (C=O) groups is 1. The van der Waals surface area contributed by atoms with Crippen LogP contribution in [0.5, 0.6) is 5.75 Å². The monoisotopic (exact) mass is 397 g/mol. The van der Waals surface area contributed by atoms with Gasteiger partial charge in [-0.1, -0.05) is 38.3 Å². The normalized spacial score (nSPS) is 18.8. The number of halogens is 2. The van der Waals surface area contributed by atoms with E-state index >= 15 is 0 Å². The fraction of sp³-hybridized carbons (Fsp3) is 0.417. The summed E-state index contributed by atoms with van der Waals surface area (Å²) in [6, 6.07) is 10.4. The number of benzene rings is 2. The maximum absolute atomic E-state index is 13.7. The average molecular weight is 397 g/mol. The summed E-state index contributed by atoms with van der Waals surface area (Å²) in [6.45, 7) is 2.23. The van der Waals surface area contributed by atoms with Crippen LogP contribution in [0.1, 0.15) is 79.3 Å². The van der Waals surface area contributed by atoms with Crippen LogP contribution in [-0.2, 0) is 0 Å². The van der Waals surface area contributed by atoms with Crippen LogP contribution in [0.4, 0.5) is 8.78 Å². The zero-order chi connectivity index (χ0) is 20.8. The Hall–Kier alpha value is -2.74. The molecule has 1 fully saturated rings. The van der Waals surface area contributed by atoms with Gasteiger partial charge in [0.05, 0.1) is 5.56 Å². The van der Waals surface area contributed by atoms with Crippen molar-refractivity contribution < 1.29 is 18.3 Å². The van der Waals surface area contributed by atoms with Crippen LogP contribution in [0.15, 0.2) is 36.4 Å². The number of hydrogen-bond acceptors (Lipinski definition) is 3. The molecule has 1 aliphatic carbocycles. The molecule has 0 atom stereocenters. The number of carbonyl (C=O) groups excluding carboxylic acids is 1. The quantitative estimate of drug-likeness (QED) is 0.412. The topological polar surface area (TPSA) is 50.1 Å². The molecule has 29 heavy (non-hydrogen) atoms. The lowest BCUT2D eigenvalue weighted by Crippen LogP contribution is -2.14. The number of hydrogen-bond donors (Lipinski definition) is 0. The van der Waals surface area contributed by atoms with Crippen molar-refractivity contribution in [3.05, 3.63) is 64.7 Å². The number of nitriles is 1. The molecule has 0 saturated heterocycles. The molecule has 0 bridgehead atoms. The zero-order valence-electron chi connectivity index (χ0n) is 16.6. The Labute approximate surface area is 170 Å². The summed E-state index contributed by atoms with van der Waals surface area (Å²) in [4.78, 5) is 12.3. The Morgan fingerprint density at radius 2 is 1.72 bits per heavy atom. The van der Waals surface area contributed by atoms with E-state index in [0.717, 1.165) is 18.1 Å². The summed E-state index contributed by atoms with van der Waals surface area (Å²) in [5, 5.41) is 8.70. The van der Waals surface area contributed by atoms with E-state index in [1.165, 1.54) is 56.6 Å². The molecule has 5 heteroatoms. The molecule has 3 nitrogen and oxygen atoms in total. The maximum atomic E-state index is 13.7. The van der Waals surface area contributed by atoms with Crippen molar-refractivity contribution in [3.8, 4) is 11.8 Å². The van der Waals surface area contributed by atoms with Crippen molar-refractivity contribution >= 4 is 5.97 Å². The van der Waals surface area contributed by atoms with Gasteiger partial charge in [0.15, 0.2) is 0 Å². The average Bonchev–Trinajstić information content (AvgIpc) is 2.72. The van der Waals surface area contributed by atoms with Crippen molar-refractivity contribution in [1.29, 1.82) is 5.26 Å². The first-order valence-corrected chi connectivity index (χ1v) is 10.2. The van der Waals surface area contributed by atoms with Crippen LogP contribution < -0.4 is 4.74 Å². The van der Waals surface area contributed by atoms with Gasteiger partial charge >= 0.3 is 5.97 Å². The highest BCUT2D eigenvalue weighted by Gasteiger charge is 2.22. The number of nitrogens with zero attached hydrogens (tertiary/aromatic N) is 1. The predicted octanol–water partition coefficient (Wildman–Crippen LogP) is 6.52. The summed E-state index contributed by atoms with van der Waals surface area (Å²) in [7, 11) is 0. The molecule has 0 aromatic heterocycles. The number of rotatable bonds is 6. The number of esters is 1. The second kappa shape index (κ2) is 9.65. The Bertz CT molecular complexity index is 871. The summed E-state index contributed by atoms with van der Waals surface area (Å²) < 4.78 is 32.4. The molecule has 1 saturated carbocycles. The Morgan fingerprint density at radius 1 is 1.10 bits per heavy atom. The third-order valence-corrected chi connectivity index (χ3v) is 5.77. The van der Waals surface area contributed by atoms with Crippen molar-refractivity contribution in [1.82, 2.24) is 0 Å². The highest BCUT2D eigenvalue weighted by atomic mass is 19.1. The van der Waals surface area contributed by atoms with E-state index in [1.807, 2.05) is 12.1 Å². The lowest BCUT2D eigenvalue weighted by atomic mass is 9.77. The van der Waals surface area contributed by atoms with Gasteiger partial charge in [0.1, 0.15) is 29.0 Å². The van der Waals surface area contributed by atoms with Gasteiger partial charge in [-0.25, -0.2) is 13.6 Å². The van der Waals surface area contributed by atoms with E-state index in [0.29, 0.717) is 11.5 Å². The smallest absolute Gasteiger partial charge is 0.343 e. The first kappa shape index (κ1) is 21.0. The minimum atomic E-state index is -1.06. The largest absolute Gasteiger partial charge is 0.423 e. The number of unbranched alkanes of at least 4 members (excludes halogenated alkanes) is 1. The Balaban J connectivity index is 1.60. The van der Waals surface area contributed by atoms with E-state index < -0.39 is 23.2 Å². The predicted molar refractivity (Wildman–Crippen MR) is 107 cm³/mol. The minimum Gasteiger partial charge on any atom is -0.423 e. The molecule has 0 heterocycles. The lowest BCUT2D eigenvalue weighted by molar-refractivity contribution is 0.0734. The standard InChI is InChI=1S/C24H25F2NO2/c1-2-3-4-16-5-7-17(8-6-16)18-9-11-19(12-10-18)24(28)29-20-13-22(25)21(15-27)23(26)14-20/h9-14,16-17H,2-8H2,1H3/t16-,17-. The minimum absolute atomic E-state index is 0.265. The van der Waals surface area contributed by atoms with Crippen molar-refractivity contribution in [3.63, 3.8) is 0 Å². The highest BCUT2D eigenvalue weighted by Crippen LogP contribution is 2.37. The second-order valence-electron chi connectivity index (χ2n) is 7.75. The molecule has 3 rings (SSSR count). The van der Waals surface area contributed by atoms with Crippen LogP contribution in [0.3, 0.4) is 0 Å². The van der Waals surface area contributed by atoms with E-state index in [2.05, 4.69) is 6.92 Å². The third kappa shape index (κ3) is 5.20. The van der Waals surface area contributed by atoms with Gasteiger partial charge in [0.2, 0.25) is 0 Å². The van der Waals surface area contributed by atoms with E-state index in [-0.39, 0.29) is 5.75 Å². The summed E-state index contributed by atoms with van der Waals surface area (Å²) in [6.07, 6.45) is 8.72. The van der Waals surface area contributed by atoms with Gasteiger partial charge in [-0.15, -0.1) is 0 Å². The second-order valence-corrected chi connectivity index (χ2v) is 7.75.